The van der Waals surface area contributed by atoms with Crippen molar-refractivity contribution in [1.82, 2.24) is 19.5 Å². The molecule has 34 heavy (non-hydrogen) atoms. The summed E-state index contributed by atoms with van der Waals surface area (Å²) in [5.74, 6) is 5.26. The fourth-order valence-electron chi connectivity index (χ4n) is 4.45. The number of fused-ring (bicyclic) bond motifs is 1. The molecule has 3 aliphatic heterocycles. The molecule has 2 aromatic heterocycles. The molecule has 1 N–H and O–H groups in total. The zero-order valence-electron chi connectivity index (χ0n) is 19.2. The highest BCUT2D eigenvalue weighted by molar-refractivity contribution is 6.13. The summed E-state index contributed by atoms with van der Waals surface area (Å²) >= 11 is 0. The zero-order valence-corrected chi connectivity index (χ0v) is 19.2. The predicted molar refractivity (Wildman–Crippen MR) is 128 cm³/mol. The lowest BCUT2D eigenvalue weighted by molar-refractivity contribution is -0.493. The van der Waals surface area contributed by atoms with E-state index in [1.54, 1.807) is 4.68 Å². The van der Waals surface area contributed by atoms with E-state index in [1.807, 2.05) is 25.3 Å². The second kappa shape index (κ2) is 8.22. The Bertz CT molecular complexity index is 1360. The minimum absolute atomic E-state index is 0.316. The molecule has 10 heteroatoms. The number of β-amino-alcohol motifs (C(OH)–C–C–N with tert-alkyl or cyclic N) is 1. The summed E-state index contributed by atoms with van der Waals surface area (Å²) in [6, 6.07) is 10.1. The first-order valence-electron chi connectivity index (χ1n) is 11.5. The summed E-state index contributed by atoms with van der Waals surface area (Å²) in [7, 11) is 1.84. The van der Waals surface area contributed by atoms with E-state index in [0.717, 1.165) is 52.9 Å². The first-order valence-corrected chi connectivity index (χ1v) is 11.5. The number of hydrazone groups is 1. The Kier molecular flexibility index (Phi) is 5.03. The lowest BCUT2D eigenvalue weighted by atomic mass is 10.1. The van der Waals surface area contributed by atoms with Gasteiger partial charge in [-0.05, 0) is 23.7 Å². The third kappa shape index (κ3) is 3.51. The first kappa shape index (κ1) is 20.8. The van der Waals surface area contributed by atoms with Crippen LogP contribution < -0.4 is 9.80 Å². The van der Waals surface area contributed by atoms with Gasteiger partial charge in [-0.2, -0.15) is 0 Å². The molecule has 5 heterocycles. The van der Waals surface area contributed by atoms with Gasteiger partial charge in [0.1, 0.15) is 0 Å². The van der Waals surface area contributed by atoms with E-state index in [1.165, 1.54) is 0 Å². The molecule has 3 aliphatic rings. The molecule has 0 unspecified atom stereocenters. The SMILES string of the molecule is CCn1c(N2CC(O)C2)nc2c(N3CCOCC3)nc(-c3cc#cc(C4=N[N+](C)=C=C4)c3)nc21. The van der Waals surface area contributed by atoms with Crippen molar-refractivity contribution in [3.63, 3.8) is 0 Å². The van der Waals surface area contributed by atoms with Crippen LogP contribution in [0.2, 0.25) is 0 Å². The Labute approximate surface area is 197 Å². The van der Waals surface area contributed by atoms with Crippen molar-refractivity contribution in [1.29, 1.82) is 0 Å². The van der Waals surface area contributed by atoms with Crippen LogP contribution in [0.1, 0.15) is 12.5 Å². The van der Waals surface area contributed by atoms with Crippen molar-refractivity contribution in [3.05, 3.63) is 35.9 Å². The van der Waals surface area contributed by atoms with E-state index in [9.17, 15) is 5.11 Å². The molecule has 1 aromatic carbocycles. The summed E-state index contributed by atoms with van der Waals surface area (Å²) in [5, 5.41) is 14.3. The molecule has 6 rings (SSSR count). The Morgan fingerprint density at radius 2 is 2.00 bits per heavy atom. The number of ether oxygens (including phenoxy) is 1. The summed E-state index contributed by atoms with van der Waals surface area (Å²) in [5.41, 5.74) is 3.97. The molecule has 0 atom stereocenters. The standard InChI is InChI=1S/C24H25N8O2/c1-3-32-23-20(25-24(32)31-14-18(33)15-31)22(30-9-11-34-12-10-30)26-21(27-23)17-6-4-5-16(13-17)19-7-8-29(2)28-19/h6-7,13,18,33H,3,9-12,14-15H2,1-2H3/q+1. The summed E-state index contributed by atoms with van der Waals surface area (Å²) < 4.78 is 9.32. The minimum atomic E-state index is -0.316. The number of rotatable bonds is 5. The van der Waals surface area contributed by atoms with Gasteiger partial charge in [-0.15, -0.1) is 0 Å². The number of anilines is 2. The highest BCUT2D eigenvalue weighted by Gasteiger charge is 2.31. The van der Waals surface area contributed by atoms with Crippen molar-refractivity contribution in [2.45, 2.75) is 19.6 Å². The van der Waals surface area contributed by atoms with Gasteiger partial charge in [0.05, 0.1) is 31.0 Å². The van der Waals surface area contributed by atoms with Crippen LogP contribution in [0.15, 0.2) is 23.3 Å². The van der Waals surface area contributed by atoms with Crippen LogP contribution in [0.4, 0.5) is 11.8 Å². The zero-order chi connectivity index (χ0) is 23.2. The van der Waals surface area contributed by atoms with Gasteiger partial charge in [-0.3, -0.25) is 4.57 Å². The van der Waals surface area contributed by atoms with Gasteiger partial charge in [0.25, 0.3) is 0 Å². The molecule has 0 bridgehead atoms. The molecular formula is C24H25N8O2+. The van der Waals surface area contributed by atoms with Crippen LogP contribution in [0.3, 0.4) is 0 Å². The lowest BCUT2D eigenvalue weighted by Crippen LogP contribution is -2.51. The van der Waals surface area contributed by atoms with Gasteiger partial charge >= 0.3 is 0 Å². The largest absolute Gasteiger partial charge is 0.389 e. The van der Waals surface area contributed by atoms with Crippen LogP contribution in [0, 0.1) is 12.1 Å². The first-order chi connectivity index (χ1) is 16.6. The Hall–Kier alpha value is -3.77. The number of morpholine rings is 1. The molecule has 0 spiro atoms. The highest BCUT2D eigenvalue weighted by atomic mass is 16.5. The van der Waals surface area contributed by atoms with Gasteiger partial charge in [-0.25, -0.2) is 15.0 Å². The molecule has 3 aromatic rings. The topological polar surface area (TPSA) is 94.9 Å². The van der Waals surface area contributed by atoms with E-state index < -0.39 is 0 Å². The normalized spacial score (nSPS) is 18.2. The average Bonchev–Trinajstić information content (AvgIpc) is 3.45. The van der Waals surface area contributed by atoms with Gasteiger partial charge in [0.2, 0.25) is 11.8 Å². The number of hydrogen-bond acceptors (Lipinski definition) is 8. The van der Waals surface area contributed by atoms with Crippen molar-refractivity contribution >= 4 is 34.5 Å². The van der Waals surface area contributed by atoms with Crippen LogP contribution in [0.5, 0.6) is 0 Å². The third-order valence-electron chi connectivity index (χ3n) is 6.24. The smallest absolute Gasteiger partial charge is 0.208 e. The minimum Gasteiger partial charge on any atom is -0.389 e. The Balaban J connectivity index is 1.50. The average molecular weight is 458 g/mol. The van der Waals surface area contributed by atoms with Crippen molar-refractivity contribution in [2.75, 3.05) is 56.2 Å². The maximum absolute atomic E-state index is 9.85. The number of aliphatic hydroxyl groups is 1. The van der Waals surface area contributed by atoms with Crippen molar-refractivity contribution < 1.29 is 14.5 Å². The fourth-order valence-corrected chi connectivity index (χ4v) is 4.45. The van der Waals surface area contributed by atoms with Crippen LogP contribution in [0.25, 0.3) is 22.6 Å². The van der Waals surface area contributed by atoms with E-state index in [0.29, 0.717) is 38.7 Å². The molecule has 0 saturated carbocycles. The summed E-state index contributed by atoms with van der Waals surface area (Å²) in [4.78, 5) is 19.2. The third-order valence-corrected chi connectivity index (χ3v) is 6.24. The van der Waals surface area contributed by atoms with Gasteiger partial charge in [-0.1, -0.05) is 12.1 Å². The number of hydrogen-bond donors (Lipinski definition) is 1. The molecule has 0 amide bonds. The number of imidazole rings is 1. The second-order valence-electron chi connectivity index (χ2n) is 8.57. The van der Waals surface area contributed by atoms with E-state index in [2.05, 4.69) is 44.4 Å². The quantitative estimate of drug-likeness (QED) is 0.564. The maximum Gasteiger partial charge on any atom is 0.208 e. The monoisotopic (exact) mass is 457 g/mol. The molecule has 172 valence electrons. The van der Waals surface area contributed by atoms with Gasteiger partial charge in [0, 0.05) is 43.4 Å². The van der Waals surface area contributed by atoms with Crippen LogP contribution in [-0.2, 0) is 11.3 Å². The Morgan fingerprint density at radius 1 is 1.18 bits per heavy atom. The van der Waals surface area contributed by atoms with E-state index >= 15 is 0 Å². The summed E-state index contributed by atoms with van der Waals surface area (Å²) in [6.07, 6.45) is 1.51. The fraction of sp³-hybridized carbons (Fsp3) is 0.417. The highest BCUT2D eigenvalue weighted by Crippen LogP contribution is 2.32. The van der Waals surface area contributed by atoms with Crippen LogP contribution >= 0.6 is 0 Å². The molecule has 2 fully saturated rings. The Morgan fingerprint density at radius 3 is 2.71 bits per heavy atom. The van der Waals surface area contributed by atoms with Gasteiger partial charge < -0.3 is 19.6 Å². The number of aromatic nitrogens is 4. The number of allylic oxidation sites excluding steroid dienone is 1. The summed E-state index contributed by atoms with van der Waals surface area (Å²) in [6.45, 7) is 6.72. The second-order valence-corrected chi connectivity index (χ2v) is 8.57. The number of aliphatic hydroxyl groups excluding tert-OH is 1. The molecule has 0 aliphatic carbocycles. The van der Waals surface area contributed by atoms with E-state index in [4.69, 9.17) is 19.7 Å². The van der Waals surface area contributed by atoms with Crippen molar-refractivity contribution in [2.24, 2.45) is 5.10 Å². The molecule has 10 nitrogen and oxygen atoms in total. The molecule has 2 saturated heterocycles. The predicted octanol–water partition coefficient (Wildman–Crippen LogP) is 0.717. The van der Waals surface area contributed by atoms with Crippen molar-refractivity contribution in [3.8, 4) is 11.4 Å². The van der Waals surface area contributed by atoms with Gasteiger partial charge in [0.15, 0.2) is 35.6 Å². The van der Waals surface area contributed by atoms with Crippen LogP contribution in [-0.4, -0.2) is 93.4 Å². The molecule has 0 radical (unpaired) electrons. The van der Waals surface area contributed by atoms with E-state index in [-0.39, 0.29) is 6.10 Å². The lowest BCUT2D eigenvalue weighted by Gasteiger charge is -2.36. The molecular weight excluding hydrogens is 432 g/mol. The maximum atomic E-state index is 9.85. The number of aryl methyl sites for hydroxylation is 1. The number of nitrogens with zero attached hydrogens (tertiary/aromatic N) is 8.